The van der Waals surface area contributed by atoms with Gasteiger partial charge in [-0.05, 0) is 46.3 Å². The Morgan fingerprint density at radius 2 is 1.76 bits per heavy atom. The van der Waals surface area contributed by atoms with Crippen LogP contribution >= 0.6 is 15.9 Å². The minimum atomic E-state index is -4.48. The minimum Gasteiger partial charge on any atom is -0.234 e. The van der Waals surface area contributed by atoms with Crippen molar-refractivity contribution >= 4 is 32.3 Å². The van der Waals surface area contributed by atoms with Crippen LogP contribution in [0, 0.1) is 0 Å². The summed E-state index contributed by atoms with van der Waals surface area (Å²) in [5.41, 5.74) is -0.0845. The number of nitrogens with one attached hydrogen (secondary N) is 1. The summed E-state index contributed by atoms with van der Waals surface area (Å²) < 4.78 is 42.2. The molecule has 1 N–H and O–H groups in total. The fraction of sp³-hybridized carbons (Fsp3) is 0.0588. The lowest BCUT2D eigenvalue weighted by Crippen LogP contribution is -2.26. The highest BCUT2D eigenvalue weighted by molar-refractivity contribution is 9.10. The summed E-state index contributed by atoms with van der Waals surface area (Å²) in [6, 6.07) is 13.7. The molecule has 0 unspecified atom stereocenters. The number of fused-ring (bicyclic) bond motifs is 3. The van der Waals surface area contributed by atoms with Crippen LogP contribution in [0.2, 0.25) is 0 Å². The maximum absolute atomic E-state index is 12.9. The third-order valence-electron chi connectivity index (χ3n) is 3.96. The Morgan fingerprint density at radius 1 is 1.00 bits per heavy atom. The third kappa shape index (κ3) is 2.53. The lowest BCUT2D eigenvalue weighted by atomic mass is 10.2. The Bertz CT molecular complexity index is 1180. The predicted octanol–water partition coefficient (Wildman–Crippen LogP) is 3.84. The van der Waals surface area contributed by atoms with Crippen LogP contribution < -0.4 is 10.1 Å². The number of halogens is 4. The molecule has 0 bridgehead atoms. The minimum absolute atomic E-state index is 0.115. The van der Waals surface area contributed by atoms with Gasteiger partial charge in [0.2, 0.25) is 5.52 Å². The molecule has 2 aromatic heterocycles. The molecule has 4 aromatic rings. The first-order chi connectivity index (χ1) is 11.9. The molecule has 0 amide bonds. The van der Waals surface area contributed by atoms with Crippen LogP contribution in [0.3, 0.4) is 0 Å². The fourth-order valence-corrected chi connectivity index (χ4v) is 3.34. The Kier molecular flexibility index (Phi) is 3.47. The number of aromatic nitrogens is 3. The lowest BCUT2D eigenvalue weighted by molar-refractivity contribution is -0.555. The van der Waals surface area contributed by atoms with Gasteiger partial charge in [0.15, 0.2) is 11.2 Å². The van der Waals surface area contributed by atoms with E-state index in [0.717, 1.165) is 32.2 Å². The van der Waals surface area contributed by atoms with Crippen LogP contribution in [-0.2, 0) is 6.18 Å². The molecular weight excluding hydrogens is 399 g/mol. The zero-order valence-electron chi connectivity index (χ0n) is 12.5. The summed E-state index contributed by atoms with van der Waals surface area (Å²) in [7, 11) is 0. The SMILES string of the molecule is O=c1c2cc(Br)c3ccccc3[n+]2[nH]n1-c1cccc(C(F)(F)F)c1. The quantitative estimate of drug-likeness (QED) is 0.477. The standard InChI is InChI=1S/C17H9BrF3N3O/c18-13-9-15-16(25)23(11-5-3-4-10(8-11)17(19,20)21)22-24(15)14-7-2-1-6-12(13)14/h1-9H/p+1. The Hall–Kier alpha value is -2.61. The van der Waals surface area contributed by atoms with E-state index in [9.17, 15) is 18.0 Å². The number of rotatable bonds is 1. The number of pyridine rings is 1. The largest absolute Gasteiger partial charge is 0.416 e. The van der Waals surface area contributed by atoms with Crippen molar-refractivity contribution < 1.29 is 17.7 Å². The molecule has 0 atom stereocenters. The first kappa shape index (κ1) is 15.9. The van der Waals surface area contributed by atoms with Gasteiger partial charge in [-0.3, -0.25) is 0 Å². The Morgan fingerprint density at radius 3 is 2.52 bits per heavy atom. The molecule has 0 aliphatic rings. The van der Waals surface area contributed by atoms with Gasteiger partial charge in [-0.25, -0.2) is 4.79 Å². The van der Waals surface area contributed by atoms with Crippen molar-refractivity contribution in [2.24, 2.45) is 0 Å². The van der Waals surface area contributed by atoms with Gasteiger partial charge in [-0.2, -0.15) is 13.2 Å². The van der Waals surface area contributed by atoms with E-state index in [1.165, 1.54) is 12.1 Å². The molecule has 0 radical (unpaired) electrons. The molecule has 0 saturated carbocycles. The lowest BCUT2D eigenvalue weighted by Gasteiger charge is -2.05. The highest BCUT2D eigenvalue weighted by Crippen LogP contribution is 2.30. The van der Waals surface area contributed by atoms with E-state index in [-0.39, 0.29) is 5.69 Å². The second kappa shape index (κ2) is 5.45. The van der Waals surface area contributed by atoms with Crippen LogP contribution in [0.1, 0.15) is 5.56 Å². The van der Waals surface area contributed by atoms with Gasteiger partial charge < -0.3 is 0 Å². The van der Waals surface area contributed by atoms with Gasteiger partial charge in [0, 0.05) is 15.9 Å². The predicted molar refractivity (Wildman–Crippen MR) is 89.8 cm³/mol. The van der Waals surface area contributed by atoms with E-state index in [1.54, 1.807) is 10.6 Å². The highest BCUT2D eigenvalue weighted by atomic mass is 79.9. The number of nitrogens with zero attached hydrogens (tertiary/aromatic N) is 2. The molecule has 4 nitrogen and oxygen atoms in total. The van der Waals surface area contributed by atoms with Crippen LogP contribution in [-0.4, -0.2) is 9.90 Å². The Labute approximate surface area is 147 Å². The molecule has 25 heavy (non-hydrogen) atoms. The van der Waals surface area contributed by atoms with Crippen molar-refractivity contribution in [3.05, 3.63) is 75.0 Å². The first-order valence-corrected chi connectivity index (χ1v) is 8.07. The van der Waals surface area contributed by atoms with E-state index < -0.39 is 17.3 Å². The molecule has 0 fully saturated rings. The number of hydrogen-bond donors (Lipinski definition) is 1. The summed E-state index contributed by atoms with van der Waals surface area (Å²) in [6.07, 6.45) is -4.48. The zero-order chi connectivity index (χ0) is 17.8. The number of para-hydroxylation sites is 1. The van der Waals surface area contributed by atoms with Gasteiger partial charge in [0.05, 0.1) is 5.56 Å². The summed E-state index contributed by atoms with van der Waals surface area (Å²) in [5.74, 6) is 0. The van der Waals surface area contributed by atoms with Crippen molar-refractivity contribution in [2.45, 2.75) is 6.18 Å². The number of alkyl halides is 3. The van der Waals surface area contributed by atoms with Gasteiger partial charge in [0.1, 0.15) is 0 Å². The van der Waals surface area contributed by atoms with Gasteiger partial charge in [-0.15, -0.1) is 4.52 Å². The van der Waals surface area contributed by atoms with E-state index in [4.69, 9.17) is 0 Å². The van der Waals surface area contributed by atoms with E-state index in [1.807, 2.05) is 24.3 Å². The zero-order valence-corrected chi connectivity index (χ0v) is 14.1. The summed E-state index contributed by atoms with van der Waals surface area (Å²) in [6.45, 7) is 0. The maximum Gasteiger partial charge on any atom is 0.416 e. The van der Waals surface area contributed by atoms with Gasteiger partial charge in [-0.1, -0.05) is 28.1 Å². The van der Waals surface area contributed by atoms with Crippen LogP contribution in [0.5, 0.6) is 0 Å². The molecule has 0 aliphatic heterocycles. The molecule has 8 heteroatoms. The van der Waals surface area contributed by atoms with Crippen molar-refractivity contribution in [1.29, 1.82) is 0 Å². The normalized spacial score (nSPS) is 12.2. The first-order valence-electron chi connectivity index (χ1n) is 7.28. The number of H-pyrrole nitrogens is 1. The van der Waals surface area contributed by atoms with Crippen molar-refractivity contribution in [3.8, 4) is 5.69 Å². The number of hydrogen-bond acceptors (Lipinski definition) is 1. The smallest absolute Gasteiger partial charge is 0.234 e. The summed E-state index contributed by atoms with van der Waals surface area (Å²) >= 11 is 3.43. The summed E-state index contributed by atoms with van der Waals surface area (Å²) in [4.78, 5) is 12.7. The number of aromatic amines is 1. The van der Waals surface area contributed by atoms with Crippen LogP contribution in [0.25, 0.3) is 22.1 Å². The molecule has 0 spiro atoms. The highest BCUT2D eigenvalue weighted by Gasteiger charge is 2.31. The average molecular weight is 409 g/mol. The van der Waals surface area contributed by atoms with Crippen LogP contribution in [0.15, 0.2) is 63.9 Å². The average Bonchev–Trinajstić information content (AvgIpc) is 2.92. The van der Waals surface area contributed by atoms with Crippen LogP contribution in [0.4, 0.5) is 13.2 Å². The molecular formula is C17H10BrF3N3O+. The molecule has 0 aliphatic carbocycles. The molecule has 126 valence electrons. The fourth-order valence-electron chi connectivity index (χ4n) is 2.78. The molecule has 0 saturated heterocycles. The van der Waals surface area contributed by atoms with Gasteiger partial charge >= 0.3 is 11.7 Å². The van der Waals surface area contributed by atoms with Crippen molar-refractivity contribution in [2.75, 3.05) is 0 Å². The monoisotopic (exact) mass is 408 g/mol. The number of benzene rings is 2. The second-order valence-electron chi connectivity index (χ2n) is 5.52. The molecule has 2 aromatic carbocycles. The van der Waals surface area contributed by atoms with Gasteiger partial charge in [0.25, 0.3) is 0 Å². The van der Waals surface area contributed by atoms with E-state index in [2.05, 4.69) is 21.1 Å². The molecule has 2 heterocycles. The maximum atomic E-state index is 12.9. The van der Waals surface area contributed by atoms with E-state index in [0.29, 0.717) is 5.52 Å². The van der Waals surface area contributed by atoms with Crippen molar-refractivity contribution in [1.82, 2.24) is 9.90 Å². The Balaban J connectivity index is 2.03. The topological polar surface area (TPSA) is 41.9 Å². The van der Waals surface area contributed by atoms with Crippen molar-refractivity contribution in [3.63, 3.8) is 0 Å². The third-order valence-corrected chi connectivity index (χ3v) is 4.62. The second-order valence-corrected chi connectivity index (χ2v) is 6.37. The summed E-state index contributed by atoms with van der Waals surface area (Å²) in [5, 5.41) is 3.73. The van der Waals surface area contributed by atoms with E-state index >= 15 is 0 Å². The molecule has 4 rings (SSSR count).